The van der Waals surface area contributed by atoms with E-state index in [1.54, 1.807) is 14.2 Å². The predicted molar refractivity (Wildman–Crippen MR) is 130 cm³/mol. The zero-order chi connectivity index (χ0) is 24.0. The summed E-state index contributed by atoms with van der Waals surface area (Å²) in [5.41, 5.74) is 3.98. The lowest BCUT2D eigenvalue weighted by atomic mass is 9.55. The lowest BCUT2D eigenvalue weighted by Gasteiger charge is -2.50. The maximum Gasteiger partial charge on any atom is 0.310 e. The first-order chi connectivity index (χ1) is 16.4. The number of hydrogen-bond donors (Lipinski definition) is 1. The largest absolute Gasteiger partial charge is 0.493 e. The van der Waals surface area contributed by atoms with Crippen molar-refractivity contribution in [3.8, 4) is 11.5 Å². The number of allylic oxidation sites excluding steroid dienone is 1. The highest BCUT2D eigenvalue weighted by Gasteiger charge is 2.55. The third-order valence-electron chi connectivity index (χ3n) is 9.27. The van der Waals surface area contributed by atoms with Gasteiger partial charge in [-0.1, -0.05) is 19.1 Å². The van der Waals surface area contributed by atoms with Crippen LogP contribution in [0.5, 0.6) is 11.5 Å². The maximum atomic E-state index is 13.1. The first kappa shape index (κ1) is 23.7. The van der Waals surface area contributed by atoms with Crippen LogP contribution in [-0.4, -0.2) is 56.0 Å². The van der Waals surface area contributed by atoms with Crippen molar-refractivity contribution in [2.45, 2.75) is 64.0 Å². The molecule has 1 aromatic carbocycles. The second-order valence-corrected chi connectivity index (χ2v) is 11.1. The molecule has 6 nitrogen and oxygen atoms in total. The minimum atomic E-state index is -0.118. The van der Waals surface area contributed by atoms with Crippen LogP contribution >= 0.6 is 0 Å². The van der Waals surface area contributed by atoms with E-state index in [0.29, 0.717) is 24.6 Å². The Labute approximate surface area is 203 Å². The second kappa shape index (κ2) is 9.19. The standard InChI is InChI=1S/C28H39NO5/c1-17-6-5-9-28(2)15-26-20(13-22(17)28)21(27(31)34-26)16-29-10-7-18-12-24(32-3)25(33-4)14-19(18)23(29)8-11-30/h12,14,20-23,26,30H,1,5-11,13,15-16H2,2-4H3/t20-,21-,22+,23+,26-,28-/m1/s1. The van der Waals surface area contributed by atoms with Gasteiger partial charge in [0.05, 0.1) is 20.1 Å². The van der Waals surface area contributed by atoms with E-state index in [0.717, 1.165) is 43.5 Å². The smallest absolute Gasteiger partial charge is 0.310 e. The third kappa shape index (κ3) is 3.93. The van der Waals surface area contributed by atoms with Crippen molar-refractivity contribution in [1.82, 2.24) is 4.90 Å². The zero-order valence-electron chi connectivity index (χ0n) is 20.8. The van der Waals surface area contributed by atoms with Gasteiger partial charge in [0.1, 0.15) is 6.10 Å². The molecule has 6 atom stereocenters. The molecule has 0 aromatic heterocycles. The summed E-state index contributed by atoms with van der Waals surface area (Å²) >= 11 is 0. The average molecular weight is 470 g/mol. The van der Waals surface area contributed by atoms with Crippen LogP contribution in [0.1, 0.15) is 62.6 Å². The van der Waals surface area contributed by atoms with Crippen LogP contribution in [0, 0.1) is 23.2 Å². The van der Waals surface area contributed by atoms with Crippen LogP contribution in [0.3, 0.4) is 0 Å². The molecule has 2 saturated carbocycles. The van der Waals surface area contributed by atoms with Gasteiger partial charge in [0.2, 0.25) is 0 Å². The Hall–Kier alpha value is -2.05. The van der Waals surface area contributed by atoms with Crippen molar-refractivity contribution in [3.05, 3.63) is 35.4 Å². The Bertz CT molecular complexity index is 960. The van der Waals surface area contributed by atoms with E-state index in [-0.39, 0.29) is 42.0 Å². The number of nitrogens with zero attached hydrogens (tertiary/aromatic N) is 1. The molecule has 2 aliphatic carbocycles. The van der Waals surface area contributed by atoms with Crippen LogP contribution in [0.2, 0.25) is 0 Å². The average Bonchev–Trinajstić information content (AvgIpc) is 3.11. The number of rotatable bonds is 6. The molecule has 34 heavy (non-hydrogen) atoms. The van der Waals surface area contributed by atoms with Crippen molar-refractivity contribution in [2.75, 3.05) is 33.9 Å². The molecule has 1 aromatic rings. The monoisotopic (exact) mass is 469 g/mol. The molecule has 0 amide bonds. The van der Waals surface area contributed by atoms with Crippen molar-refractivity contribution in [3.63, 3.8) is 0 Å². The molecule has 5 rings (SSSR count). The summed E-state index contributed by atoms with van der Waals surface area (Å²) in [5.74, 6) is 2.02. The van der Waals surface area contributed by atoms with Gasteiger partial charge in [-0.3, -0.25) is 9.69 Å². The normalized spacial score (nSPS) is 35.2. The molecule has 6 heteroatoms. The van der Waals surface area contributed by atoms with E-state index in [2.05, 4.69) is 30.5 Å². The number of carbonyl (C=O) groups is 1. The quantitative estimate of drug-likeness (QED) is 0.495. The maximum absolute atomic E-state index is 13.1. The number of carbonyl (C=O) groups excluding carboxylic acids is 1. The summed E-state index contributed by atoms with van der Waals surface area (Å²) in [6.07, 6.45) is 7.02. The van der Waals surface area contributed by atoms with Crippen LogP contribution in [-0.2, 0) is 16.0 Å². The summed E-state index contributed by atoms with van der Waals surface area (Å²) in [5, 5.41) is 9.89. The number of aliphatic hydroxyl groups excluding tert-OH is 1. The molecule has 2 heterocycles. The fourth-order valence-electron chi connectivity index (χ4n) is 7.48. The SMILES string of the molecule is C=C1CCC[C@]2(C)C[C@H]3OC(=O)[C@H](CN4CCc5cc(OC)c(OC)cc5[C@@H]4CCO)[C@H]3C[C@@H]12. The molecule has 0 bridgehead atoms. The van der Waals surface area contributed by atoms with E-state index >= 15 is 0 Å². The highest BCUT2D eigenvalue weighted by Crippen LogP contribution is 2.57. The van der Waals surface area contributed by atoms with E-state index in [1.807, 2.05) is 0 Å². The number of aliphatic hydroxyl groups is 1. The fourth-order valence-corrected chi connectivity index (χ4v) is 7.48. The van der Waals surface area contributed by atoms with Gasteiger partial charge in [0.15, 0.2) is 11.5 Å². The van der Waals surface area contributed by atoms with E-state index in [9.17, 15) is 9.90 Å². The zero-order valence-corrected chi connectivity index (χ0v) is 20.8. The predicted octanol–water partition coefficient (Wildman–Crippen LogP) is 4.30. The lowest BCUT2D eigenvalue weighted by molar-refractivity contribution is -0.146. The second-order valence-electron chi connectivity index (χ2n) is 11.1. The minimum Gasteiger partial charge on any atom is -0.493 e. The van der Waals surface area contributed by atoms with E-state index < -0.39 is 0 Å². The van der Waals surface area contributed by atoms with Gasteiger partial charge in [-0.25, -0.2) is 0 Å². The summed E-state index contributed by atoms with van der Waals surface area (Å²) in [6, 6.07) is 4.15. The van der Waals surface area contributed by atoms with Gasteiger partial charge in [-0.05, 0) is 79.5 Å². The van der Waals surface area contributed by atoms with Gasteiger partial charge in [0, 0.05) is 31.7 Å². The summed E-state index contributed by atoms with van der Waals surface area (Å²) in [7, 11) is 3.30. The molecular weight excluding hydrogens is 430 g/mol. The van der Waals surface area contributed by atoms with Crippen molar-refractivity contribution < 1.29 is 24.1 Å². The van der Waals surface area contributed by atoms with Gasteiger partial charge in [-0.15, -0.1) is 0 Å². The number of methoxy groups -OCH3 is 2. The highest BCUT2D eigenvalue weighted by molar-refractivity contribution is 5.75. The number of fused-ring (bicyclic) bond motifs is 3. The molecule has 186 valence electrons. The van der Waals surface area contributed by atoms with Crippen molar-refractivity contribution >= 4 is 5.97 Å². The first-order valence-electron chi connectivity index (χ1n) is 12.9. The summed E-state index contributed by atoms with van der Waals surface area (Å²) in [4.78, 5) is 15.5. The lowest BCUT2D eigenvalue weighted by Crippen LogP contribution is -2.46. The Kier molecular flexibility index (Phi) is 6.40. The Morgan fingerprint density at radius 3 is 2.74 bits per heavy atom. The number of esters is 1. The van der Waals surface area contributed by atoms with E-state index in [1.165, 1.54) is 24.0 Å². The molecule has 3 fully saturated rings. The molecule has 4 aliphatic rings. The molecule has 0 unspecified atom stereocenters. The van der Waals surface area contributed by atoms with Gasteiger partial charge >= 0.3 is 5.97 Å². The molecular formula is C28H39NO5. The van der Waals surface area contributed by atoms with Crippen LogP contribution in [0.15, 0.2) is 24.3 Å². The Morgan fingerprint density at radius 1 is 1.24 bits per heavy atom. The summed E-state index contributed by atoms with van der Waals surface area (Å²) < 4.78 is 17.1. The Balaban J connectivity index is 1.39. The molecule has 1 saturated heterocycles. The number of benzene rings is 1. The molecule has 0 spiro atoms. The van der Waals surface area contributed by atoms with Crippen molar-refractivity contribution in [1.29, 1.82) is 0 Å². The van der Waals surface area contributed by atoms with Crippen LogP contribution in [0.25, 0.3) is 0 Å². The fraction of sp³-hybridized carbons (Fsp3) is 0.679. The van der Waals surface area contributed by atoms with Gasteiger partial charge in [-0.2, -0.15) is 0 Å². The number of hydrogen-bond acceptors (Lipinski definition) is 6. The topological polar surface area (TPSA) is 68.2 Å². The van der Waals surface area contributed by atoms with E-state index in [4.69, 9.17) is 14.2 Å². The molecule has 2 aliphatic heterocycles. The third-order valence-corrected chi connectivity index (χ3v) is 9.27. The van der Waals surface area contributed by atoms with Crippen molar-refractivity contribution in [2.24, 2.45) is 23.2 Å². The van der Waals surface area contributed by atoms with Crippen LogP contribution < -0.4 is 9.47 Å². The minimum absolute atomic E-state index is 0.0300. The molecule has 1 N–H and O–H groups in total. The van der Waals surface area contributed by atoms with Crippen LogP contribution in [0.4, 0.5) is 0 Å². The first-order valence-corrected chi connectivity index (χ1v) is 12.9. The Morgan fingerprint density at radius 2 is 2.00 bits per heavy atom. The van der Waals surface area contributed by atoms with Gasteiger partial charge in [0.25, 0.3) is 0 Å². The highest BCUT2D eigenvalue weighted by atomic mass is 16.6. The number of ether oxygens (including phenoxy) is 3. The van der Waals surface area contributed by atoms with Gasteiger partial charge < -0.3 is 19.3 Å². The summed E-state index contributed by atoms with van der Waals surface area (Å²) in [6.45, 7) is 8.42. The molecule has 0 radical (unpaired) electrons.